The van der Waals surface area contributed by atoms with Gasteiger partial charge in [0.25, 0.3) is 0 Å². The van der Waals surface area contributed by atoms with Gasteiger partial charge in [-0.2, -0.15) is 0 Å². The summed E-state index contributed by atoms with van der Waals surface area (Å²) in [7, 11) is 0. The molecular weight excluding hydrogens is 210 g/mol. The van der Waals surface area contributed by atoms with E-state index in [0.29, 0.717) is 0 Å². The highest BCUT2D eigenvalue weighted by molar-refractivity contribution is 5.14. The van der Waals surface area contributed by atoms with Crippen molar-refractivity contribution < 1.29 is 4.74 Å². The van der Waals surface area contributed by atoms with Crippen molar-refractivity contribution in [2.24, 2.45) is 5.73 Å². The van der Waals surface area contributed by atoms with E-state index in [2.05, 4.69) is 31.2 Å². The van der Waals surface area contributed by atoms with Crippen LogP contribution in [0.1, 0.15) is 38.7 Å². The number of nitrogens with two attached hydrogens (primary N) is 1. The molecule has 0 saturated carbocycles. The molecular formula is C15H25NO. The Bertz CT molecular complexity index is 280. The van der Waals surface area contributed by atoms with Gasteiger partial charge in [0.15, 0.2) is 0 Å². The Kier molecular flexibility index (Phi) is 6.90. The van der Waals surface area contributed by atoms with Crippen molar-refractivity contribution in [3.05, 3.63) is 35.9 Å². The van der Waals surface area contributed by atoms with E-state index in [1.807, 2.05) is 13.0 Å². The van der Waals surface area contributed by atoms with Crippen LogP contribution in [0.4, 0.5) is 0 Å². The molecule has 0 aromatic heterocycles. The first-order valence-corrected chi connectivity index (χ1v) is 6.69. The molecule has 0 fully saturated rings. The van der Waals surface area contributed by atoms with E-state index < -0.39 is 0 Å². The summed E-state index contributed by atoms with van der Waals surface area (Å²) in [5, 5.41) is 0. The molecule has 0 saturated heterocycles. The van der Waals surface area contributed by atoms with Crippen LogP contribution in [-0.2, 0) is 11.2 Å². The molecule has 17 heavy (non-hydrogen) atoms. The van der Waals surface area contributed by atoms with Crippen molar-refractivity contribution in [3.8, 4) is 0 Å². The number of ether oxygens (including phenoxy) is 1. The van der Waals surface area contributed by atoms with Gasteiger partial charge in [-0.1, -0.05) is 43.7 Å². The standard InChI is InChI=1S/C15H25NO/c1-3-8-15(17-4-2)14(16)12-11-13-9-6-5-7-10-13/h5-7,9-10,14-15H,3-4,8,11-12,16H2,1-2H3. The SMILES string of the molecule is CCCC(OCC)C(N)CCc1ccccc1. The van der Waals surface area contributed by atoms with Crippen LogP contribution in [0.5, 0.6) is 0 Å². The summed E-state index contributed by atoms with van der Waals surface area (Å²) in [6.45, 7) is 4.96. The molecule has 2 atom stereocenters. The Morgan fingerprint density at radius 2 is 1.82 bits per heavy atom. The maximum absolute atomic E-state index is 6.21. The van der Waals surface area contributed by atoms with E-state index in [4.69, 9.17) is 10.5 Å². The third-order valence-corrected chi connectivity index (χ3v) is 3.04. The number of rotatable bonds is 8. The maximum atomic E-state index is 6.21. The molecule has 96 valence electrons. The van der Waals surface area contributed by atoms with Crippen LogP contribution in [0.15, 0.2) is 30.3 Å². The zero-order chi connectivity index (χ0) is 12.5. The van der Waals surface area contributed by atoms with Crippen LogP contribution in [0.2, 0.25) is 0 Å². The number of hydrogen-bond donors (Lipinski definition) is 1. The van der Waals surface area contributed by atoms with Crippen molar-refractivity contribution in [1.82, 2.24) is 0 Å². The van der Waals surface area contributed by atoms with Crippen LogP contribution < -0.4 is 5.73 Å². The summed E-state index contributed by atoms with van der Waals surface area (Å²) in [5.41, 5.74) is 7.57. The van der Waals surface area contributed by atoms with E-state index in [1.165, 1.54) is 5.56 Å². The molecule has 0 aliphatic rings. The normalized spacial score (nSPS) is 14.5. The minimum atomic E-state index is 0.148. The van der Waals surface area contributed by atoms with E-state index >= 15 is 0 Å². The summed E-state index contributed by atoms with van der Waals surface area (Å²) >= 11 is 0. The van der Waals surface area contributed by atoms with Gasteiger partial charge in [0.2, 0.25) is 0 Å². The molecule has 0 amide bonds. The average Bonchev–Trinajstić information content (AvgIpc) is 2.37. The molecule has 0 radical (unpaired) electrons. The van der Waals surface area contributed by atoms with Gasteiger partial charge < -0.3 is 10.5 Å². The second-order valence-electron chi connectivity index (χ2n) is 4.47. The van der Waals surface area contributed by atoms with Gasteiger partial charge in [-0.3, -0.25) is 0 Å². The van der Waals surface area contributed by atoms with Crippen molar-refractivity contribution in [2.45, 2.75) is 51.7 Å². The number of benzene rings is 1. The molecule has 1 aromatic carbocycles. The molecule has 0 spiro atoms. The lowest BCUT2D eigenvalue weighted by Gasteiger charge is -2.23. The van der Waals surface area contributed by atoms with Gasteiger partial charge in [-0.05, 0) is 31.7 Å². The first kappa shape index (κ1) is 14.2. The quantitative estimate of drug-likeness (QED) is 0.751. The molecule has 2 N–H and O–H groups in total. The van der Waals surface area contributed by atoms with Gasteiger partial charge >= 0.3 is 0 Å². The monoisotopic (exact) mass is 235 g/mol. The Balaban J connectivity index is 2.38. The minimum absolute atomic E-state index is 0.148. The molecule has 2 nitrogen and oxygen atoms in total. The Labute approximate surface area is 105 Å². The van der Waals surface area contributed by atoms with Crippen LogP contribution in [0, 0.1) is 0 Å². The van der Waals surface area contributed by atoms with Crippen LogP contribution in [0.25, 0.3) is 0 Å². The fourth-order valence-electron chi connectivity index (χ4n) is 2.08. The van der Waals surface area contributed by atoms with E-state index in [9.17, 15) is 0 Å². The second kappa shape index (κ2) is 8.26. The lowest BCUT2D eigenvalue weighted by Crippen LogP contribution is -2.37. The number of hydrogen-bond acceptors (Lipinski definition) is 2. The average molecular weight is 235 g/mol. The Morgan fingerprint density at radius 1 is 1.12 bits per heavy atom. The van der Waals surface area contributed by atoms with Crippen molar-refractivity contribution in [3.63, 3.8) is 0 Å². The lowest BCUT2D eigenvalue weighted by molar-refractivity contribution is 0.0359. The summed E-state index contributed by atoms with van der Waals surface area (Å²) in [4.78, 5) is 0. The van der Waals surface area contributed by atoms with E-state index in [1.54, 1.807) is 0 Å². The highest BCUT2D eigenvalue weighted by atomic mass is 16.5. The van der Waals surface area contributed by atoms with Gasteiger partial charge in [0, 0.05) is 12.6 Å². The minimum Gasteiger partial charge on any atom is -0.377 e. The fourth-order valence-corrected chi connectivity index (χ4v) is 2.08. The smallest absolute Gasteiger partial charge is 0.0725 e. The van der Waals surface area contributed by atoms with Crippen LogP contribution in [0.3, 0.4) is 0 Å². The molecule has 1 rings (SSSR count). The van der Waals surface area contributed by atoms with Gasteiger partial charge in [-0.15, -0.1) is 0 Å². The zero-order valence-electron chi connectivity index (χ0n) is 11.1. The number of aryl methyl sites for hydroxylation is 1. The second-order valence-corrected chi connectivity index (χ2v) is 4.47. The summed E-state index contributed by atoms with van der Waals surface area (Å²) in [6, 6.07) is 10.7. The summed E-state index contributed by atoms with van der Waals surface area (Å²) in [6.07, 6.45) is 4.44. The highest BCUT2D eigenvalue weighted by Crippen LogP contribution is 2.12. The van der Waals surface area contributed by atoms with Crippen molar-refractivity contribution in [1.29, 1.82) is 0 Å². The van der Waals surface area contributed by atoms with E-state index in [-0.39, 0.29) is 12.1 Å². The van der Waals surface area contributed by atoms with Gasteiger partial charge in [-0.25, -0.2) is 0 Å². The van der Waals surface area contributed by atoms with Gasteiger partial charge in [0.1, 0.15) is 0 Å². The van der Waals surface area contributed by atoms with Gasteiger partial charge in [0.05, 0.1) is 6.10 Å². The molecule has 1 aromatic rings. The molecule has 0 heterocycles. The van der Waals surface area contributed by atoms with E-state index in [0.717, 1.165) is 32.3 Å². The predicted molar refractivity (Wildman–Crippen MR) is 73.1 cm³/mol. The summed E-state index contributed by atoms with van der Waals surface area (Å²) < 4.78 is 5.71. The molecule has 0 bridgehead atoms. The third kappa shape index (κ3) is 5.33. The van der Waals surface area contributed by atoms with Crippen LogP contribution >= 0.6 is 0 Å². The van der Waals surface area contributed by atoms with Crippen molar-refractivity contribution >= 4 is 0 Å². The molecule has 0 aliphatic heterocycles. The predicted octanol–water partition coefficient (Wildman–Crippen LogP) is 3.15. The van der Waals surface area contributed by atoms with Crippen LogP contribution in [-0.4, -0.2) is 18.8 Å². The summed E-state index contributed by atoms with van der Waals surface area (Å²) in [5.74, 6) is 0. The maximum Gasteiger partial charge on any atom is 0.0725 e. The fraction of sp³-hybridized carbons (Fsp3) is 0.600. The first-order valence-electron chi connectivity index (χ1n) is 6.69. The molecule has 0 aliphatic carbocycles. The lowest BCUT2D eigenvalue weighted by atomic mass is 9.99. The van der Waals surface area contributed by atoms with Crippen molar-refractivity contribution in [2.75, 3.05) is 6.61 Å². The topological polar surface area (TPSA) is 35.2 Å². The first-order chi connectivity index (χ1) is 8.27. The Morgan fingerprint density at radius 3 is 2.41 bits per heavy atom. The third-order valence-electron chi connectivity index (χ3n) is 3.04. The Hall–Kier alpha value is -0.860. The zero-order valence-corrected chi connectivity index (χ0v) is 11.1. The molecule has 2 heteroatoms. The largest absolute Gasteiger partial charge is 0.377 e. The highest BCUT2D eigenvalue weighted by Gasteiger charge is 2.16. The molecule has 2 unspecified atom stereocenters.